The van der Waals surface area contributed by atoms with Crippen molar-refractivity contribution in [3.8, 4) is 11.8 Å². The van der Waals surface area contributed by atoms with E-state index in [2.05, 4.69) is 10.3 Å². The molecule has 0 aliphatic carbocycles. The van der Waals surface area contributed by atoms with E-state index in [4.69, 9.17) is 10.00 Å². The Bertz CT molecular complexity index is 711. The van der Waals surface area contributed by atoms with Crippen LogP contribution < -0.4 is 10.1 Å². The van der Waals surface area contributed by atoms with Crippen LogP contribution in [0.3, 0.4) is 0 Å². The summed E-state index contributed by atoms with van der Waals surface area (Å²) in [5.41, 5.74) is 1.57. The number of hydrogen-bond acceptors (Lipinski definition) is 3. The Labute approximate surface area is 129 Å². The van der Waals surface area contributed by atoms with Gasteiger partial charge in [0.25, 0.3) is 5.91 Å². The van der Waals surface area contributed by atoms with Crippen LogP contribution in [0.15, 0.2) is 36.5 Å². The lowest BCUT2D eigenvalue weighted by molar-refractivity contribution is 0.0941. The predicted molar refractivity (Wildman–Crippen MR) is 83.9 cm³/mol. The second-order valence-electron chi connectivity index (χ2n) is 5.68. The van der Waals surface area contributed by atoms with Crippen LogP contribution in [0.4, 0.5) is 0 Å². The maximum Gasteiger partial charge on any atom is 0.267 e. The molecular weight excluding hydrogens is 278 g/mol. The Kier molecular flexibility index (Phi) is 4.52. The molecule has 0 bridgehead atoms. The van der Waals surface area contributed by atoms with Crippen LogP contribution in [0.5, 0.6) is 5.75 Å². The first kappa shape index (κ1) is 15.6. The second kappa shape index (κ2) is 6.35. The molecule has 0 aliphatic heterocycles. The quantitative estimate of drug-likeness (QED) is 0.890. The van der Waals surface area contributed by atoms with Crippen LogP contribution in [-0.2, 0) is 5.41 Å². The van der Waals surface area contributed by atoms with Gasteiger partial charge in [-0.3, -0.25) is 4.79 Å². The van der Waals surface area contributed by atoms with Crippen LogP contribution in [0.1, 0.15) is 35.5 Å². The molecule has 5 heteroatoms. The molecule has 1 aromatic carbocycles. The van der Waals surface area contributed by atoms with Crippen LogP contribution in [0.25, 0.3) is 0 Å². The summed E-state index contributed by atoms with van der Waals surface area (Å²) in [4.78, 5) is 14.9. The summed E-state index contributed by atoms with van der Waals surface area (Å²) in [6.07, 6.45) is 1.51. The summed E-state index contributed by atoms with van der Waals surface area (Å²) < 4.78 is 5.39. The van der Waals surface area contributed by atoms with Crippen molar-refractivity contribution in [1.29, 1.82) is 5.26 Å². The summed E-state index contributed by atoms with van der Waals surface area (Å²) in [6.45, 7) is 4.54. The van der Waals surface area contributed by atoms with Gasteiger partial charge >= 0.3 is 0 Å². The largest absolute Gasteiger partial charge is 0.496 e. The maximum atomic E-state index is 12.1. The lowest BCUT2D eigenvalue weighted by atomic mass is 9.84. The second-order valence-corrected chi connectivity index (χ2v) is 5.68. The lowest BCUT2D eigenvalue weighted by Crippen LogP contribution is -2.37. The fourth-order valence-electron chi connectivity index (χ4n) is 2.29. The molecule has 114 valence electrons. The number of nitrogens with one attached hydrogen (secondary N) is 2. The van der Waals surface area contributed by atoms with Gasteiger partial charge in [0, 0.05) is 23.7 Å². The minimum atomic E-state index is -0.285. The minimum absolute atomic E-state index is 0.232. The first-order valence-electron chi connectivity index (χ1n) is 6.98. The third-order valence-electron chi connectivity index (χ3n) is 3.58. The van der Waals surface area contributed by atoms with E-state index in [-0.39, 0.29) is 11.3 Å². The van der Waals surface area contributed by atoms with Gasteiger partial charge in [-0.05, 0) is 12.1 Å². The first-order valence-corrected chi connectivity index (χ1v) is 6.98. The molecule has 1 heterocycles. The zero-order chi connectivity index (χ0) is 16.2. The molecule has 0 aliphatic rings. The highest BCUT2D eigenvalue weighted by molar-refractivity contribution is 5.92. The topological polar surface area (TPSA) is 77.9 Å². The van der Waals surface area contributed by atoms with Gasteiger partial charge in [0.1, 0.15) is 17.5 Å². The molecular formula is C17H19N3O2. The SMILES string of the molecule is COc1ccccc1C(C)(C)CNC(=O)c1cc(C#N)c[nH]1. The third-order valence-corrected chi connectivity index (χ3v) is 3.58. The van der Waals surface area contributed by atoms with E-state index in [9.17, 15) is 4.79 Å². The van der Waals surface area contributed by atoms with Crippen molar-refractivity contribution in [2.24, 2.45) is 0 Å². The Balaban J connectivity index is 2.09. The van der Waals surface area contributed by atoms with E-state index in [1.165, 1.54) is 12.3 Å². The number of carbonyl (C=O) groups is 1. The summed E-state index contributed by atoms with van der Waals surface area (Å²) in [5, 5.41) is 11.7. The number of H-pyrrole nitrogens is 1. The zero-order valence-electron chi connectivity index (χ0n) is 12.9. The molecule has 0 saturated carbocycles. The van der Waals surface area contributed by atoms with E-state index < -0.39 is 0 Å². The number of methoxy groups -OCH3 is 1. The number of aromatic amines is 1. The van der Waals surface area contributed by atoms with Crippen LogP contribution >= 0.6 is 0 Å². The van der Waals surface area contributed by atoms with Crippen LogP contribution in [0.2, 0.25) is 0 Å². The number of para-hydroxylation sites is 1. The molecule has 5 nitrogen and oxygen atoms in total. The summed E-state index contributed by atoms with van der Waals surface area (Å²) in [7, 11) is 1.63. The van der Waals surface area contributed by atoms with Crippen molar-refractivity contribution in [2.45, 2.75) is 19.3 Å². The van der Waals surface area contributed by atoms with E-state index in [1.54, 1.807) is 7.11 Å². The number of carbonyl (C=O) groups excluding carboxylic acids is 1. The molecule has 2 aromatic rings. The van der Waals surface area contributed by atoms with Crippen molar-refractivity contribution in [2.75, 3.05) is 13.7 Å². The van der Waals surface area contributed by atoms with Gasteiger partial charge in [-0.2, -0.15) is 5.26 Å². The normalized spacial score (nSPS) is 10.8. The van der Waals surface area contributed by atoms with Crippen molar-refractivity contribution >= 4 is 5.91 Å². The number of amides is 1. The molecule has 2 N–H and O–H groups in total. The van der Waals surface area contributed by atoms with Gasteiger partial charge in [-0.25, -0.2) is 0 Å². The van der Waals surface area contributed by atoms with E-state index in [0.717, 1.165) is 11.3 Å². The van der Waals surface area contributed by atoms with Gasteiger partial charge < -0.3 is 15.0 Å². The number of hydrogen-bond donors (Lipinski definition) is 2. The van der Waals surface area contributed by atoms with E-state index in [0.29, 0.717) is 17.8 Å². The minimum Gasteiger partial charge on any atom is -0.496 e. The van der Waals surface area contributed by atoms with E-state index >= 15 is 0 Å². The zero-order valence-corrected chi connectivity index (χ0v) is 12.9. The number of nitriles is 1. The third kappa shape index (κ3) is 3.29. The highest BCUT2D eigenvalue weighted by Gasteiger charge is 2.25. The molecule has 22 heavy (non-hydrogen) atoms. The molecule has 0 atom stereocenters. The highest BCUT2D eigenvalue weighted by atomic mass is 16.5. The van der Waals surface area contributed by atoms with Gasteiger partial charge in [-0.1, -0.05) is 32.0 Å². The highest BCUT2D eigenvalue weighted by Crippen LogP contribution is 2.30. The number of ether oxygens (including phenoxy) is 1. The molecule has 1 amide bonds. The maximum absolute atomic E-state index is 12.1. The van der Waals surface area contributed by atoms with Crippen LogP contribution in [0, 0.1) is 11.3 Å². The number of nitrogens with zero attached hydrogens (tertiary/aromatic N) is 1. The monoisotopic (exact) mass is 297 g/mol. The van der Waals surface area contributed by atoms with Gasteiger partial charge in [0.2, 0.25) is 0 Å². The van der Waals surface area contributed by atoms with Gasteiger partial charge in [0.05, 0.1) is 12.7 Å². The summed E-state index contributed by atoms with van der Waals surface area (Å²) in [6, 6.07) is 11.3. The molecule has 1 aromatic heterocycles. The van der Waals surface area contributed by atoms with Crippen molar-refractivity contribution < 1.29 is 9.53 Å². The Hall–Kier alpha value is -2.74. The van der Waals surface area contributed by atoms with E-state index in [1.807, 2.05) is 44.2 Å². The van der Waals surface area contributed by atoms with Crippen molar-refractivity contribution in [3.05, 3.63) is 53.3 Å². The molecule has 0 spiro atoms. The molecule has 0 unspecified atom stereocenters. The molecule has 0 fully saturated rings. The lowest BCUT2D eigenvalue weighted by Gasteiger charge is -2.27. The standard InChI is InChI=1S/C17H19N3O2/c1-17(2,13-6-4-5-7-15(13)22-3)11-20-16(21)14-8-12(9-18)10-19-14/h4-8,10,19H,11H2,1-3H3,(H,20,21). The Morgan fingerprint density at radius 1 is 1.41 bits per heavy atom. The van der Waals surface area contributed by atoms with Gasteiger partial charge in [0.15, 0.2) is 0 Å². The fraction of sp³-hybridized carbons (Fsp3) is 0.294. The number of aromatic nitrogens is 1. The Morgan fingerprint density at radius 3 is 2.77 bits per heavy atom. The Morgan fingerprint density at radius 2 is 2.14 bits per heavy atom. The molecule has 0 radical (unpaired) electrons. The van der Waals surface area contributed by atoms with Crippen molar-refractivity contribution in [1.82, 2.24) is 10.3 Å². The predicted octanol–water partition coefficient (Wildman–Crippen LogP) is 2.60. The summed E-state index contributed by atoms with van der Waals surface area (Å²) >= 11 is 0. The fourth-order valence-corrected chi connectivity index (χ4v) is 2.29. The smallest absolute Gasteiger partial charge is 0.267 e. The number of rotatable bonds is 5. The summed E-state index contributed by atoms with van der Waals surface area (Å²) in [5.74, 6) is 0.567. The molecule has 2 rings (SSSR count). The first-order chi connectivity index (χ1) is 10.5. The average Bonchev–Trinajstić information content (AvgIpc) is 3.01. The molecule has 0 saturated heterocycles. The average molecular weight is 297 g/mol. The van der Waals surface area contributed by atoms with Crippen LogP contribution in [-0.4, -0.2) is 24.5 Å². The van der Waals surface area contributed by atoms with Gasteiger partial charge in [-0.15, -0.1) is 0 Å². The number of benzene rings is 1. The van der Waals surface area contributed by atoms with Crippen molar-refractivity contribution in [3.63, 3.8) is 0 Å².